The Morgan fingerprint density at radius 1 is 0.597 bits per heavy atom. The molecule has 3 saturated carbocycles. The number of rotatable bonds is 8. The molecule has 3 aliphatic carbocycles. The maximum Gasteiger partial charge on any atom is 0.534 e. The van der Waals surface area contributed by atoms with Gasteiger partial charge in [-0.15, -0.1) is 0 Å². The molecule has 0 unspecified atom stereocenters. The Morgan fingerprint density at radius 2 is 0.987 bits per heavy atom. The van der Waals surface area contributed by atoms with Gasteiger partial charge in [0, 0.05) is 97.8 Å². The number of halogens is 6. The molecular formula is C55H60F6N8O7S. The van der Waals surface area contributed by atoms with Gasteiger partial charge in [-0.3, -0.25) is 14.4 Å². The van der Waals surface area contributed by atoms with E-state index in [-0.39, 0.29) is 74.8 Å². The highest BCUT2D eigenvalue weighted by Crippen LogP contribution is 2.45. The first-order chi connectivity index (χ1) is 36.4. The van der Waals surface area contributed by atoms with Crippen molar-refractivity contribution in [3.05, 3.63) is 107 Å². The summed E-state index contributed by atoms with van der Waals surface area (Å²) in [6, 6.07) is 9.20. The topological polar surface area (TPSA) is 189 Å². The Labute approximate surface area is 439 Å². The summed E-state index contributed by atoms with van der Waals surface area (Å²) in [4.78, 5) is 43.4. The summed E-state index contributed by atoms with van der Waals surface area (Å²) < 4.78 is 115. The predicted molar refractivity (Wildman–Crippen MR) is 282 cm³/mol. The van der Waals surface area contributed by atoms with Crippen molar-refractivity contribution in [2.24, 2.45) is 17.6 Å². The Morgan fingerprint density at radius 3 is 1.39 bits per heavy atom. The molecule has 0 bridgehead atoms. The van der Waals surface area contributed by atoms with Crippen molar-refractivity contribution in [3.8, 4) is 17.6 Å². The Hall–Kier alpha value is -6.73. The molecule has 6 aromatic rings. The molecule has 15 nitrogen and oxygen atoms in total. The predicted octanol–water partition coefficient (Wildman–Crippen LogP) is 9.39. The molecule has 6 heterocycles. The number of benzene rings is 3. The quantitative estimate of drug-likeness (QED) is 0.0836. The highest BCUT2D eigenvalue weighted by Gasteiger charge is 2.49. The van der Waals surface area contributed by atoms with E-state index in [1.165, 1.54) is 28.8 Å². The third kappa shape index (κ3) is 9.98. The zero-order chi connectivity index (χ0) is 55.3. The highest BCUT2D eigenvalue weighted by molar-refractivity contribution is 7.88. The number of fused-ring (bicyclic) bond motifs is 3. The van der Waals surface area contributed by atoms with E-state index in [1.54, 1.807) is 16.1 Å². The SMILES string of the molecule is Cc1c(N2CC[C@H](C)C2)c(F)cc2c(O)cc(=O)n(C3CC3)c12.Cc1c(N2CC[C@H](C)C2)c(F)cc2c(OS(=O)(=O)C(F)(F)F)cc(=O)n(C3CC3)c12.Cc1c(N2CC[C@H](N)C2)c(F)cc2c(C#N)cc(=O)n(C3CC3)c12. The molecule has 3 aromatic carbocycles. The average Bonchev–Trinajstić information content (AvgIpc) is 4.43. The molecule has 3 N–H and O–H groups in total. The first-order valence-corrected chi connectivity index (χ1v) is 27.5. The number of anilines is 3. The Bertz CT molecular complexity index is 3750. The summed E-state index contributed by atoms with van der Waals surface area (Å²) in [5.41, 5.74) is 4.27. The Balaban J connectivity index is 0.000000132. The first kappa shape index (κ1) is 53.7. The van der Waals surface area contributed by atoms with Gasteiger partial charge in [-0.05, 0) is 125 Å². The molecule has 3 saturated heterocycles. The number of aromatic hydroxyl groups is 1. The molecule has 77 heavy (non-hydrogen) atoms. The van der Waals surface area contributed by atoms with Crippen molar-refractivity contribution in [2.45, 2.75) is 122 Å². The largest absolute Gasteiger partial charge is 0.534 e. The van der Waals surface area contributed by atoms with Crippen LogP contribution in [0.5, 0.6) is 11.5 Å². The summed E-state index contributed by atoms with van der Waals surface area (Å²) in [5, 5.41) is 20.3. The van der Waals surface area contributed by atoms with E-state index in [0.29, 0.717) is 95.7 Å². The van der Waals surface area contributed by atoms with Gasteiger partial charge in [0.1, 0.15) is 29.3 Å². The molecular weight excluding hydrogens is 1030 g/mol. The molecule has 22 heteroatoms. The maximum absolute atomic E-state index is 15.1. The van der Waals surface area contributed by atoms with Crippen LogP contribution in [0.25, 0.3) is 32.7 Å². The van der Waals surface area contributed by atoms with Crippen LogP contribution < -0.4 is 41.3 Å². The van der Waals surface area contributed by atoms with Crippen LogP contribution in [0.1, 0.15) is 112 Å². The van der Waals surface area contributed by atoms with Crippen LogP contribution in [-0.4, -0.2) is 78.0 Å². The summed E-state index contributed by atoms with van der Waals surface area (Å²) >= 11 is 0. The number of nitrogens with zero attached hydrogens (tertiary/aromatic N) is 7. The maximum atomic E-state index is 15.1. The van der Waals surface area contributed by atoms with Crippen LogP contribution in [0, 0.1) is 61.4 Å². The minimum absolute atomic E-state index is 0.0376. The fraction of sp³-hybridized carbons (Fsp3) is 0.491. The lowest BCUT2D eigenvalue weighted by Gasteiger charge is -2.24. The molecule has 0 spiro atoms. The molecule has 3 aliphatic heterocycles. The van der Waals surface area contributed by atoms with E-state index in [0.717, 1.165) is 75.2 Å². The zero-order valence-corrected chi connectivity index (χ0v) is 44.1. The summed E-state index contributed by atoms with van der Waals surface area (Å²) in [7, 11) is -6.02. The van der Waals surface area contributed by atoms with Gasteiger partial charge >= 0.3 is 15.6 Å². The lowest BCUT2D eigenvalue weighted by Crippen LogP contribution is -2.29. The van der Waals surface area contributed by atoms with Gasteiger partial charge in [0.15, 0.2) is 5.75 Å². The van der Waals surface area contributed by atoms with Crippen LogP contribution in [-0.2, 0) is 10.1 Å². The van der Waals surface area contributed by atoms with Crippen LogP contribution in [0.4, 0.5) is 43.4 Å². The number of aryl methyl sites for hydroxylation is 3. The van der Waals surface area contributed by atoms with E-state index >= 15 is 4.39 Å². The third-order valence-corrected chi connectivity index (χ3v) is 16.8. The van der Waals surface area contributed by atoms with Gasteiger partial charge in [0.2, 0.25) is 0 Å². The number of hydrogen-bond donors (Lipinski definition) is 2. The lowest BCUT2D eigenvalue weighted by molar-refractivity contribution is -0.0499. The van der Waals surface area contributed by atoms with E-state index in [4.69, 9.17) is 5.73 Å². The summed E-state index contributed by atoms with van der Waals surface area (Å²) in [5.74, 6) is -1.45. The van der Waals surface area contributed by atoms with Crippen molar-refractivity contribution in [2.75, 3.05) is 54.0 Å². The number of alkyl halides is 3. The molecule has 12 rings (SSSR count). The van der Waals surface area contributed by atoms with E-state index in [1.807, 2.05) is 36.6 Å². The second kappa shape index (κ2) is 19.9. The molecule has 3 atom stereocenters. The van der Waals surface area contributed by atoms with Crippen LogP contribution in [0.3, 0.4) is 0 Å². The van der Waals surface area contributed by atoms with Crippen molar-refractivity contribution in [3.63, 3.8) is 0 Å². The van der Waals surface area contributed by atoms with Crippen LogP contribution >= 0.6 is 0 Å². The van der Waals surface area contributed by atoms with Crippen LogP contribution in [0.2, 0.25) is 0 Å². The molecule has 6 fully saturated rings. The number of aromatic nitrogens is 3. The number of nitrogens with two attached hydrogens (primary N) is 1. The summed E-state index contributed by atoms with van der Waals surface area (Å²) in [6.45, 7) is 13.7. The molecule has 3 aromatic heterocycles. The lowest BCUT2D eigenvalue weighted by atomic mass is 10.0. The second-order valence-corrected chi connectivity index (χ2v) is 23.4. The molecule has 6 aliphatic rings. The van der Waals surface area contributed by atoms with Crippen LogP contribution in [0.15, 0.2) is 50.8 Å². The van der Waals surface area contributed by atoms with Gasteiger partial charge < -0.3 is 43.4 Å². The normalized spacial score (nSPS) is 20.7. The fourth-order valence-corrected chi connectivity index (χ4v) is 12.2. The fourth-order valence-electron chi connectivity index (χ4n) is 11.8. The van der Waals surface area contributed by atoms with Gasteiger partial charge in [0.05, 0.1) is 39.2 Å². The number of hydrogen-bond acceptors (Lipinski definition) is 12. The first-order valence-electron chi connectivity index (χ1n) is 26.1. The minimum atomic E-state index is -6.02. The molecule has 410 valence electrons. The van der Waals surface area contributed by atoms with Crippen molar-refractivity contribution in [1.82, 2.24) is 13.7 Å². The molecule has 0 radical (unpaired) electrons. The Kier molecular flexibility index (Phi) is 13.9. The van der Waals surface area contributed by atoms with Crippen molar-refractivity contribution >= 4 is 59.9 Å². The standard InChI is InChI=1S/C19H20F4N2O4S.C18H19FN4O.C18H21FN2O2/c1-10-5-6-24(9-10)18-11(2)17-13(7-14(18)20)15(29-30(27,28)19(21,22)23)8-16(26)25(17)12-3-4-12;1-10-17-14(7-15(19)18(10)22-5-4-12(21)9-22)11(8-20)6-16(24)23(17)13-2-3-13;1-10-5-6-20(9-10)18-11(2)17-13(7-14(18)19)15(22)8-16(23)21(17)12-3-4-12/h7-8,10,12H,3-6,9H2,1-2H3;6-7,12-13H,2-5,9,21H2,1H3;7-8,10,12,22H,3-6,9H2,1-2H3/t10-;12-;10-/m000/s1. The van der Waals surface area contributed by atoms with Crippen molar-refractivity contribution < 1.29 is 44.0 Å². The number of pyridine rings is 3. The smallest absolute Gasteiger partial charge is 0.507 e. The van der Waals surface area contributed by atoms with E-state index in [9.17, 15) is 55.1 Å². The highest BCUT2D eigenvalue weighted by atomic mass is 32.2. The second-order valence-electron chi connectivity index (χ2n) is 21.9. The number of nitriles is 1. The van der Waals surface area contributed by atoms with E-state index < -0.39 is 32.8 Å². The third-order valence-electron chi connectivity index (χ3n) is 15.8. The van der Waals surface area contributed by atoms with Crippen molar-refractivity contribution in [1.29, 1.82) is 5.26 Å². The van der Waals surface area contributed by atoms with Gasteiger partial charge in [-0.1, -0.05) is 13.8 Å². The minimum Gasteiger partial charge on any atom is -0.507 e. The van der Waals surface area contributed by atoms with Gasteiger partial charge in [0.25, 0.3) is 16.7 Å². The average molecular weight is 1090 g/mol. The van der Waals surface area contributed by atoms with Gasteiger partial charge in [-0.2, -0.15) is 26.9 Å². The van der Waals surface area contributed by atoms with E-state index in [2.05, 4.69) is 16.0 Å². The summed E-state index contributed by atoms with van der Waals surface area (Å²) in [6.07, 6.45) is 7.95. The molecule has 0 amide bonds. The zero-order valence-electron chi connectivity index (χ0n) is 43.3. The monoisotopic (exact) mass is 1090 g/mol. The van der Waals surface area contributed by atoms with Gasteiger partial charge in [-0.25, -0.2) is 13.2 Å².